The van der Waals surface area contributed by atoms with Crippen molar-refractivity contribution >= 4 is 56.5 Å². The Kier molecular flexibility index (Phi) is 4.43. The maximum absolute atomic E-state index is 11.9. The van der Waals surface area contributed by atoms with Gasteiger partial charge >= 0.3 is 0 Å². The van der Waals surface area contributed by atoms with Gasteiger partial charge in [-0.2, -0.15) is 0 Å². The molecule has 0 fully saturated rings. The summed E-state index contributed by atoms with van der Waals surface area (Å²) in [6.45, 7) is 0. The van der Waals surface area contributed by atoms with Gasteiger partial charge in [-0.1, -0.05) is 47.6 Å². The monoisotopic (exact) mass is 334 g/mol. The van der Waals surface area contributed by atoms with Crippen LogP contribution in [0.15, 0.2) is 52.9 Å². The van der Waals surface area contributed by atoms with E-state index in [0.29, 0.717) is 16.5 Å². The van der Waals surface area contributed by atoms with Crippen LogP contribution in [0, 0.1) is 0 Å². The highest BCUT2D eigenvalue weighted by Gasteiger charge is 2.09. The Morgan fingerprint density at radius 3 is 2.76 bits per heavy atom. The predicted molar refractivity (Wildman–Crippen MR) is 90.4 cm³/mol. The van der Waals surface area contributed by atoms with Crippen LogP contribution in [-0.4, -0.2) is 16.6 Å². The SMILES string of the molecule is O=C(CSc1nc2ccccc2s1)Nc1ccccc1Cl. The van der Waals surface area contributed by atoms with Gasteiger partial charge in [-0.05, 0) is 24.3 Å². The second-order valence-corrected chi connectivity index (χ2v) is 6.92. The molecule has 1 N–H and O–H groups in total. The lowest BCUT2D eigenvalue weighted by Crippen LogP contribution is -2.14. The smallest absolute Gasteiger partial charge is 0.234 e. The lowest BCUT2D eigenvalue weighted by molar-refractivity contribution is -0.113. The van der Waals surface area contributed by atoms with Gasteiger partial charge in [0.15, 0.2) is 4.34 Å². The van der Waals surface area contributed by atoms with E-state index in [1.165, 1.54) is 11.8 Å². The Morgan fingerprint density at radius 1 is 1.19 bits per heavy atom. The van der Waals surface area contributed by atoms with Crippen LogP contribution < -0.4 is 5.32 Å². The normalized spacial score (nSPS) is 10.7. The second kappa shape index (κ2) is 6.47. The van der Waals surface area contributed by atoms with E-state index in [9.17, 15) is 4.79 Å². The van der Waals surface area contributed by atoms with Crippen LogP contribution in [0.25, 0.3) is 10.2 Å². The van der Waals surface area contributed by atoms with Crippen LogP contribution in [0.4, 0.5) is 5.69 Å². The van der Waals surface area contributed by atoms with Crippen molar-refractivity contribution in [3.63, 3.8) is 0 Å². The van der Waals surface area contributed by atoms with Crippen LogP contribution in [0.1, 0.15) is 0 Å². The molecule has 106 valence electrons. The summed E-state index contributed by atoms with van der Waals surface area (Å²) in [6.07, 6.45) is 0. The van der Waals surface area contributed by atoms with Crippen LogP contribution in [0.2, 0.25) is 5.02 Å². The largest absolute Gasteiger partial charge is 0.324 e. The molecule has 0 unspecified atom stereocenters. The minimum absolute atomic E-state index is 0.0904. The molecule has 0 spiro atoms. The number of carbonyl (C=O) groups is 1. The van der Waals surface area contributed by atoms with Gasteiger partial charge in [0, 0.05) is 0 Å². The number of rotatable bonds is 4. The number of nitrogens with one attached hydrogen (secondary N) is 1. The van der Waals surface area contributed by atoms with Gasteiger partial charge in [0.05, 0.1) is 26.7 Å². The number of nitrogens with zero attached hydrogens (tertiary/aromatic N) is 1. The summed E-state index contributed by atoms with van der Waals surface area (Å²) in [5.41, 5.74) is 1.60. The highest BCUT2D eigenvalue weighted by molar-refractivity contribution is 8.01. The van der Waals surface area contributed by atoms with Crippen LogP contribution >= 0.6 is 34.7 Å². The van der Waals surface area contributed by atoms with E-state index in [1.54, 1.807) is 23.5 Å². The second-order valence-electron chi connectivity index (χ2n) is 4.26. The zero-order valence-corrected chi connectivity index (χ0v) is 13.3. The fourth-order valence-corrected chi connectivity index (χ4v) is 3.84. The molecule has 2 aromatic carbocycles. The first-order valence-electron chi connectivity index (χ1n) is 6.25. The zero-order chi connectivity index (χ0) is 14.7. The Balaban J connectivity index is 1.62. The highest BCUT2D eigenvalue weighted by atomic mass is 35.5. The molecule has 6 heteroatoms. The number of benzene rings is 2. The lowest BCUT2D eigenvalue weighted by atomic mass is 10.3. The molecule has 1 amide bonds. The number of fused-ring (bicyclic) bond motifs is 1. The molecule has 0 radical (unpaired) electrons. The topological polar surface area (TPSA) is 42.0 Å². The Morgan fingerprint density at radius 2 is 1.95 bits per heavy atom. The molecule has 0 atom stereocenters. The predicted octanol–water partition coefficient (Wildman–Crippen LogP) is 4.68. The molecule has 0 saturated heterocycles. The molecule has 21 heavy (non-hydrogen) atoms. The number of hydrogen-bond donors (Lipinski definition) is 1. The number of thiazole rings is 1. The van der Waals surface area contributed by atoms with E-state index in [2.05, 4.69) is 10.3 Å². The zero-order valence-electron chi connectivity index (χ0n) is 10.9. The third-order valence-corrected chi connectivity index (χ3v) is 5.26. The van der Waals surface area contributed by atoms with E-state index in [1.807, 2.05) is 36.4 Å². The molecule has 0 saturated carbocycles. The van der Waals surface area contributed by atoms with E-state index in [0.717, 1.165) is 14.6 Å². The Labute approximate surface area is 135 Å². The van der Waals surface area contributed by atoms with Crippen LogP contribution in [0.3, 0.4) is 0 Å². The van der Waals surface area contributed by atoms with Crippen molar-refractivity contribution in [3.8, 4) is 0 Å². The van der Waals surface area contributed by atoms with Crippen molar-refractivity contribution in [2.75, 3.05) is 11.1 Å². The van der Waals surface area contributed by atoms with E-state index >= 15 is 0 Å². The molecule has 1 aromatic heterocycles. The minimum atomic E-state index is -0.0904. The van der Waals surface area contributed by atoms with Gasteiger partial charge in [0.25, 0.3) is 0 Å². The molecule has 0 aliphatic carbocycles. The number of amides is 1. The number of aromatic nitrogens is 1. The van der Waals surface area contributed by atoms with E-state index in [-0.39, 0.29) is 5.91 Å². The lowest BCUT2D eigenvalue weighted by Gasteiger charge is -2.05. The third-order valence-electron chi connectivity index (χ3n) is 2.75. The molecule has 0 bridgehead atoms. The number of halogens is 1. The standard InChI is InChI=1S/C15H11ClN2OS2/c16-10-5-1-2-6-11(10)17-14(19)9-20-15-18-12-7-3-4-8-13(12)21-15/h1-8H,9H2,(H,17,19). The van der Waals surface area contributed by atoms with Gasteiger partial charge in [-0.3, -0.25) is 4.79 Å². The van der Waals surface area contributed by atoms with Gasteiger partial charge in [0.1, 0.15) is 0 Å². The summed E-state index contributed by atoms with van der Waals surface area (Å²) in [5, 5.41) is 3.34. The number of thioether (sulfide) groups is 1. The minimum Gasteiger partial charge on any atom is -0.324 e. The number of para-hydroxylation sites is 2. The van der Waals surface area contributed by atoms with Gasteiger partial charge in [-0.25, -0.2) is 4.98 Å². The van der Waals surface area contributed by atoms with E-state index in [4.69, 9.17) is 11.6 Å². The number of hydrogen-bond acceptors (Lipinski definition) is 4. The average molecular weight is 335 g/mol. The molecule has 3 aromatic rings. The summed E-state index contributed by atoms with van der Waals surface area (Å²) >= 11 is 9.03. The van der Waals surface area contributed by atoms with Crippen LogP contribution in [-0.2, 0) is 4.79 Å². The molecule has 0 aliphatic rings. The van der Waals surface area contributed by atoms with Crippen molar-refractivity contribution in [2.24, 2.45) is 0 Å². The first-order valence-corrected chi connectivity index (χ1v) is 8.43. The summed E-state index contributed by atoms with van der Waals surface area (Å²) in [6, 6.07) is 15.1. The first kappa shape index (κ1) is 14.4. The summed E-state index contributed by atoms with van der Waals surface area (Å²) in [4.78, 5) is 16.4. The molecular weight excluding hydrogens is 324 g/mol. The number of carbonyl (C=O) groups excluding carboxylic acids is 1. The summed E-state index contributed by atoms with van der Waals surface area (Å²) in [5.74, 6) is 0.220. The van der Waals surface area contributed by atoms with Gasteiger partial charge in [0.2, 0.25) is 5.91 Å². The van der Waals surface area contributed by atoms with Crippen LogP contribution in [0.5, 0.6) is 0 Å². The van der Waals surface area contributed by atoms with Gasteiger partial charge < -0.3 is 5.32 Å². The van der Waals surface area contributed by atoms with Crippen molar-refractivity contribution in [1.29, 1.82) is 0 Å². The van der Waals surface area contributed by atoms with Crippen molar-refractivity contribution < 1.29 is 4.79 Å². The summed E-state index contributed by atoms with van der Waals surface area (Å²) in [7, 11) is 0. The molecular formula is C15H11ClN2OS2. The molecule has 3 rings (SSSR count). The van der Waals surface area contributed by atoms with Gasteiger partial charge in [-0.15, -0.1) is 11.3 Å². The third kappa shape index (κ3) is 3.56. The van der Waals surface area contributed by atoms with Crippen molar-refractivity contribution in [3.05, 3.63) is 53.6 Å². The summed E-state index contributed by atoms with van der Waals surface area (Å²) < 4.78 is 2.03. The maximum atomic E-state index is 11.9. The molecule has 3 nitrogen and oxygen atoms in total. The molecule has 1 heterocycles. The first-order chi connectivity index (χ1) is 10.2. The molecule has 0 aliphatic heterocycles. The number of anilines is 1. The fourth-order valence-electron chi connectivity index (χ4n) is 1.79. The van der Waals surface area contributed by atoms with Crippen molar-refractivity contribution in [1.82, 2.24) is 4.98 Å². The Bertz CT molecular complexity index is 755. The average Bonchev–Trinajstić information content (AvgIpc) is 2.90. The highest BCUT2D eigenvalue weighted by Crippen LogP contribution is 2.29. The Hall–Kier alpha value is -1.56. The fraction of sp³-hybridized carbons (Fsp3) is 0.0667. The van der Waals surface area contributed by atoms with Crippen molar-refractivity contribution in [2.45, 2.75) is 4.34 Å². The quantitative estimate of drug-likeness (QED) is 0.704. The van der Waals surface area contributed by atoms with E-state index < -0.39 is 0 Å². The maximum Gasteiger partial charge on any atom is 0.234 e.